The van der Waals surface area contributed by atoms with Crippen molar-refractivity contribution >= 4 is 34.6 Å². The number of carbonyl (C=O) groups is 1. The van der Waals surface area contributed by atoms with E-state index in [9.17, 15) is 4.79 Å². The third-order valence-electron chi connectivity index (χ3n) is 7.48. The molecule has 1 fully saturated rings. The fraction of sp³-hybridized carbons (Fsp3) is 0.258. The van der Waals surface area contributed by atoms with Crippen LogP contribution in [0.15, 0.2) is 66.9 Å². The number of aryl methyl sites for hydroxylation is 2. The number of methoxy groups -OCH3 is 1. The van der Waals surface area contributed by atoms with Crippen LogP contribution >= 0.6 is 12.2 Å². The van der Waals surface area contributed by atoms with Crippen molar-refractivity contribution in [3.8, 4) is 11.4 Å². The Balaban J connectivity index is 1.70. The van der Waals surface area contributed by atoms with Crippen LogP contribution in [0.1, 0.15) is 52.8 Å². The van der Waals surface area contributed by atoms with E-state index in [1.165, 1.54) is 23.7 Å². The first kappa shape index (κ1) is 26.4. The average molecular weight is 540 g/mol. The minimum absolute atomic E-state index is 0.174. The maximum atomic E-state index is 11.9. The van der Waals surface area contributed by atoms with Gasteiger partial charge in [0.15, 0.2) is 5.11 Å². The van der Waals surface area contributed by atoms with Gasteiger partial charge < -0.3 is 24.8 Å². The fourth-order valence-corrected chi connectivity index (χ4v) is 5.86. The van der Waals surface area contributed by atoms with Crippen molar-refractivity contribution in [1.29, 1.82) is 0 Å². The van der Waals surface area contributed by atoms with Gasteiger partial charge in [-0.15, -0.1) is 0 Å². The highest BCUT2D eigenvalue weighted by Crippen LogP contribution is 2.45. The van der Waals surface area contributed by atoms with Gasteiger partial charge in [0.2, 0.25) is 5.91 Å². The van der Waals surface area contributed by atoms with Crippen LogP contribution in [0.3, 0.4) is 0 Å². The van der Waals surface area contributed by atoms with Crippen molar-refractivity contribution in [2.75, 3.05) is 17.3 Å². The normalized spacial score (nSPS) is 16.8. The van der Waals surface area contributed by atoms with Gasteiger partial charge in [-0.3, -0.25) is 9.78 Å². The number of hydrogen-bond acceptors (Lipinski definition) is 4. The number of ether oxygens (including phenoxy) is 1. The van der Waals surface area contributed by atoms with Crippen molar-refractivity contribution in [1.82, 2.24) is 14.9 Å². The van der Waals surface area contributed by atoms with Crippen LogP contribution in [0.25, 0.3) is 5.69 Å². The predicted molar refractivity (Wildman–Crippen MR) is 160 cm³/mol. The molecule has 7 nitrogen and oxygen atoms in total. The van der Waals surface area contributed by atoms with E-state index in [1.807, 2.05) is 36.4 Å². The third-order valence-corrected chi connectivity index (χ3v) is 7.79. The summed E-state index contributed by atoms with van der Waals surface area (Å²) in [5.74, 6) is 0.408. The molecule has 1 aliphatic rings. The highest BCUT2D eigenvalue weighted by Gasteiger charge is 2.42. The Morgan fingerprint density at radius 3 is 2.54 bits per heavy atom. The summed E-state index contributed by atoms with van der Waals surface area (Å²) in [7, 11) is 1.59. The van der Waals surface area contributed by atoms with E-state index in [0.29, 0.717) is 16.5 Å². The number of aromatic nitrogens is 2. The Morgan fingerprint density at radius 1 is 1.05 bits per heavy atom. The maximum Gasteiger partial charge on any atom is 0.221 e. The van der Waals surface area contributed by atoms with E-state index >= 15 is 0 Å². The van der Waals surface area contributed by atoms with Gasteiger partial charge in [-0.05, 0) is 99.1 Å². The number of pyridine rings is 1. The lowest BCUT2D eigenvalue weighted by Gasteiger charge is -2.29. The summed E-state index contributed by atoms with van der Waals surface area (Å²) in [5.41, 5.74) is 9.43. The van der Waals surface area contributed by atoms with Crippen LogP contribution in [-0.2, 0) is 4.79 Å². The quantitative estimate of drug-likeness (QED) is 0.282. The predicted octanol–water partition coefficient (Wildman–Crippen LogP) is 6.25. The van der Waals surface area contributed by atoms with Crippen LogP contribution in [0.4, 0.5) is 11.4 Å². The number of amides is 1. The Labute approximate surface area is 234 Å². The first-order valence-corrected chi connectivity index (χ1v) is 13.3. The van der Waals surface area contributed by atoms with Gasteiger partial charge in [-0.25, -0.2) is 0 Å². The summed E-state index contributed by atoms with van der Waals surface area (Å²) < 4.78 is 7.83. The van der Waals surface area contributed by atoms with E-state index in [-0.39, 0.29) is 18.0 Å². The molecule has 1 amide bonds. The van der Waals surface area contributed by atoms with Crippen LogP contribution in [-0.4, -0.2) is 27.7 Å². The van der Waals surface area contributed by atoms with Crippen molar-refractivity contribution in [2.45, 2.75) is 46.7 Å². The Morgan fingerprint density at radius 2 is 1.85 bits per heavy atom. The Bertz CT molecular complexity index is 1560. The second-order valence-electron chi connectivity index (χ2n) is 9.94. The van der Waals surface area contributed by atoms with Gasteiger partial charge in [0, 0.05) is 35.9 Å². The number of benzene rings is 2. The molecule has 2 aromatic carbocycles. The lowest BCUT2D eigenvalue weighted by atomic mass is 9.96. The molecule has 2 atom stereocenters. The number of nitrogens with zero attached hydrogens (tertiary/aromatic N) is 3. The van der Waals surface area contributed by atoms with E-state index in [0.717, 1.165) is 28.3 Å². The van der Waals surface area contributed by atoms with Crippen LogP contribution < -0.4 is 20.3 Å². The second kappa shape index (κ2) is 10.5. The molecule has 5 rings (SSSR count). The molecule has 8 heteroatoms. The number of hydrogen-bond donors (Lipinski definition) is 2. The van der Waals surface area contributed by atoms with Crippen molar-refractivity contribution in [3.05, 3.63) is 101 Å². The lowest BCUT2D eigenvalue weighted by Crippen LogP contribution is -2.29. The molecule has 2 aromatic heterocycles. The van der Waals surface area contributed by atoms with Gasteiger partial charge in [0.1, 0.15) is 5.75 Å². The molecule has 0 aliphatic carbocycles. The van der Waals surface area contributed by atoms with Crippen LogP contribution in [0.5, 0.6) is 5.75 Å². The monoisotopic (exact) mass is 539 g/mol. The van der Waals surface area contributed by atoms with E-state index in [4.69, 9.17) is 21.9 Å². The molecule has 2 N–H and O–H groups in total. The first-order chi connectivity index (χ1) is 18.7. The highest BCUT2D eigenvalue weighted by molar-refractivity contribution is 7.80. The molecule has 1 saturated heterocycles. The molecule has 0 bridgehead atoms. The summed E-state index contributed by atoms with van der Waals surface area (Å²) >= 11 is 5.94. The van der Waals surface area contributed by atoms with E-state index < -0.39 is 0 Å². The molecule has 0 radical (unpaired) electrons. The molecule has 1 aliphatic heterocycles. The molecule has 4 aromatic rings. The summed E-state index contributed by atoms with van der Waals surface area (Å²) in [6, 6.07) is 20.0. The molecule has 0 saturated carbocycles. The highest BCUT2D eigenvalue weighted by atomic mass is 32.1. The smallest absolute Gasteiger partial charge is 0.221 e. The SMILES string of the molecule is COc1ccc(N2C(=S)N[C@@H](c3ccccn3)[C@@H]2c2cc(C)n(-c3cccc(C)c3C)c2C)cc1NC(C)=O. The number of anilines is 2. The maximum absolute atomic E-state index is 11.9. The zero-order chi connectivity index (χ0) is 27.8. The summed E-state index contributed by atoms with van der Waals surface area (Å²) in [4.78, 5) is 18.8. The minimum atomic E-state index is -0.184. The van der Waals surface area contributed by atoms with Crippen LogP contribution in [0, 0.1) is 27.7 Å². The zero-order valence-corrected chi connectivity index (χ0v) is 23.9. The molecule has 0 unspecified atom stereocenters. The molecule has 200 valence electrons. The summed E-state index contributed by atoms with van der Waals surface area (Å²) in [5, 5.41) is 7.02. The van der Waals surface area contributed by atoms with E-state index in [2.05, 4.69) is 72.1 Å². The average Bonchev–Trinajstić information content (AvgIpc) is 3.41. The standard InChI is InChI=1S/C31H33N5O2S/c1-18-10-9-12-27(20(18)3)35-19(2)16-24(21(35)4)30-29(25-11-7-8-15-32-25)34-31(39)36(30)23-13-14-28(38-6)26(17-23)33-22(5)37/h7-17,29-30H,1-6H3,(H,33,37)(H,34,39)/t29-,30-/m0/s1. The largest absolute Gasteiger partial charge is 0.495 e. The lowest BCUT2D eigenvalue weighted by molar-refractivity contribution is -0.114. The van der Waals surface area contributed by atoms with Crippen molar-refractivity contribution < 1.29 is 9.53 Å². The fourth-order valence-electron chi connectivity index (χ4n) is 5.52. The molecular formula is C31H33N5O2S. The molecular weight excluding hydrogens is 506 g/mol. The zero-order valence-electron chi connectivity index (χ0n) is 23.1. The van der Waals surface area contributed by atoms with Crippen molar-refractivity contribution in [3.63, 3.8) is 0 Å². The number of thiocarbonyl (C=S) groups is 1. The molecule has 3 heterocycles. The van der Waals surface area contributed by atoms with Crippen molar-refractivity contribution in [2.24, 2.45) is 0 Å². The Hall–Kier alpha value is -4.17. The summed E-state index contributed by atoms with van der Waals surface area (Å²) in [6.45, 7) is 10.1. The number of rotatable bonds is 6. The number of nitrogens with one attached hydrogen (secondary N) is 2. The molecule has 0 spiro atoms. The van der Waals surface area contributed by atoms with Gasteiger partial charge in [0.05, 0.1) is 30.6 Å². The number of carbonyl (C=O) groups excluding carboxylic acids is 1. The van der Waals surface area contributed by atoms with E-state index in [1.54, 1.807) is 13.3 Å². The van der Waals surface area contributed by atoms with Gasteiger partial charge >= 0.3 is 0 Å². The minimum Gasteiger partial charge on any atom is -0.495 e. The second-order valence-corrected chi connectivity index (χ2v) is 10.3. The molecule has 39 heavy (non-hydrogen) atoms. The van der Waals surface area contributed by atoms with Gasteiger partial charge in [-0.1, -0.05) is 18.2 Å². The Kier molecular flexibility index (Phi) is 7.14. The van der Waals surface area contributed by atoms with Crippen LogP contribution in [0.2, 0.25) is 0 Å². The summed E-state index contributed by atoms with van der Waals surface area (Å²) in [6.07, 6.45) is 1.81. The van der Waals surface area contributed by atoms with Gasteiger partial charge in [-0.2, -0.15) is 0 Å². The topological polar surface area (TPSA) is 71.4 Å². The third kappa shape index (κ3) is 4.76. The first-order valence-electron chi connectivity index (χ1n) is 12.9. The van der Waals surface area contributed by atoms with Gasteiger partial charge in [0.25, 0.3) is 0 Å².